The zero-order valence-corrected chi connectivity index (χ0v) is 15.9. The van der Waals surface area contributed by atoms with Crippen LogP contribution in [0.15, 0.2) is 21.8 Å². The van der Waals surface area contributed by atoms with Gasteiger partial charge < -0.3 is 5.11 Å². The topological polar surface area (TPSA) is 20.2 Å². The quantitative estimate of drug-likeness (QED) is 0.446. The summed E-state index contributed by atoms with van der Waals surface area (Å²) in [5.41, 5.74) is 2.27. The van der Waals surface area contributed by atoms with Gasteiger partial charge in [-0.25, -0.2) is 0 Å². The van der Waals surface area contributed by atoms with Crippen molar-refractivity contribution in [3.63, 3.8) is 0 Å². The molecule has 0 spiro atoms. The van der Waals surface area contributed by atoms with Crippen molar-refractivity contribution in [1.82, 2.24) is 0 Å². The summed E-state index contributed by atoms with van der Waals surface area (Å²) in [6.45, 7) is 6.87. The highest BCUT2D eigenvalue weighted by molar-refractivity contribution is 14.1. The molecule has 3 fully saturated rings. The van der Waals surface area contributed by atoms with E-state index in [0.717, 1.165) is 36.5 Å². The second-order valence-corrected chi connectivity index (χ2v) is 9.99. The van der Waals surface area contributed by atoms with Gasteiger partial charge in [0.2, 0.25) is 0 Å². The maximum absolute atomic E-state index is 9.98. The number of halogens is 1. The van der Waals surface area contributed by atoms with Crippen LogP contribution in [-0.2, 0) is 0 Å². The van der Waals surface area contributed by atoms with E-state index in [2.05, 4.69) is 42.2 Å². The van der Waals surface area contributed by atoms with Crippen molar-refractivity contribution in [1.29, 1.82) is 0 Å². The molecular weight excluding hydrogens is 383 g/mol. The zero-order chi connectivity index (χ0) is 15.5. The van der Waals surface area contributed by atoms with Gasteiger partial charge in [-0.1, -0.05) is 25.2 Å². The molecule has 122 valence electrons. The highest BCUT2D eigenvalue weighted by Crippen LogP contribution is 2.65. The molecule has 4 aliphatic rings. The fourth-order valence-corrected chi connectivity index (χ4v) is 7.77. The Hall–Kier alpha value is 0.170. The van der Waals surface area contributed by atoms with E-state index in [-0.39, 0.29) is 6.10 Å². The smallest absolute Gasteiger partial charge is 0.0580 e. The molecule has 0 heterocycles. The Kier molecular flexibility index (Phi) is 4.00. The molecule has 7 atom stereocenters. The molecule has 0 aromatic heterocycles. The third kappa shape index (κ3) is 2.27. The molecule has 1 N–H and O–H groups in total. The Bertz CT molecular complexity index is 510. The van der Waals surface area contributed by atoms with Crippen LogP contribution in [0.4, 0.5) is 0 Å². The van der Waals surface area contributed by atoms with E-state index in [0.29, 0.717) is 11.3 Å². The molecule has 0 bridgehead atoms. The first-order chi connectivity index (χ1) is 10.5. The Balaban J connectivity index is 1.61. The van der Waals surface area contributed by atoms with Crippen LogP contribution in [0.1, 0.15) is 58.3 Å². The molecule has 6 unspecified atom stereocenters. The molecule has 22 heavy (non-hydrogen) atoms. The van der Waals surface area contributed by atoms with Crippen molar-refractivity contribution < 1.29 is 5.11 Å². The molecule has 0 aromatic carbocycles. The number of hydrogen-bond acceptors (Lipinski definition) is 1. The second-order valence-electron chi connectivity index (χ2n) is 8.60. The van der Waals surface area contributed by atoms with Crippen LogP contribution >= 0.6 is 22.6 Å². The average molecular weight is 412 g/mol. The lowest BCUT2D eigenvalue weighted by atomic mass is 9.52. The van der Waals surface area contributed by atoms with E-state index in [9.17, 15) is 5.11 Å². The van der Waals surface area contributed by atoms with Gasteiger partial charge in [0.1, 0.15) is 0 Å². The van der Waals surface area contributed by atoms with Gasteiger partial charge in [-0.15, -0.1) is 0 Å². The first-order valence-corrected chi connectivity index (χ1v) is 10.3. The van der Waals surface area contributed by atoms with Crippen LogP contribution < -0.4 is 0 Å². The van der Waals surface area contributed by atoms with Gasteiger partial charge in [0.15, 0.2) is 0 Å². The number of aliphatic hydroxyl groups excluding tert-OH is 1. The average Bonchev–Trinajstić information content (AvgIpc) is 2.84. The first-order valence-electron chi connectivity index (χ1n) is 9.23. The minimum atomic E-state index is -0.0719. The molecule has 4 aliphatic carbocycles. The first kappa shape index (κ1) is 15.7. The maximum Gasteiger partial charge on any atom is 0.0580 e. The van der Waals surface area contributed by atoms with Gasteiger partial charge in [0.05, 0.1) is 6.10 Å². The van der Waals surface area contributed by atoms with Crippen LogP contribution in [0.25, 0.3) is 0 Å². The summed E-state index contributed by atoms with van der Waals surface area (Å²) in [5.74, 6) is 4.12. The number of fused-ring (bicyclic) bond motifs is 5. The molecule has 3 saturated carbocycles. The second kappa shape index (κ2) is 5.61. The van der Waals surface area contributed by atoms with Gasteiger partial charge in [-0.2, -0.15) is 0 Å². The van der Waals surface area contributed by atoms with Crippen LogP contribution in [0.2, 0.25) is 0 Å². The number of aliphatic hydroxyl groups is 1. The molecule has 2 heteroatoms. The lowest BCUT2D eigenvalue weighted by Gasteiger charge is -2.53. The summed E-state index contributed by atoms with van der Waals surface area (Å²) in [6.07, 6.45) is 12.6. The Labute approximate surface area is 148 Å². The Morgan fingerprint density at radius 1 is 1.27 bits per heavy atom. The minimum Gasteiger partial charge on any atom is -0.393 e. The van der Waals surface area contributed by atoms with Crippen LogP contribution in [0, 0.1) is 35.0 Å². The van der Waals surface area contributed by atoms with E-state index in [1.807, 2.05) is 0 Å². The number of hydrogen-bond donors (Lipinski definition) is 1. The number of rotatable bonds is 1. The Morgan fingerprint density at radius 3 is 2.86 bits per heavy atom. The molecule has 0 amide bonds. The molecule has 0 radical (unpaired) electrons. The Morgan fingerprint density at radius 2 is 2.09 bits per heavy atom. The summed E-state index contributed by atoms with van der Waals surface area (Å²) in [4.78, 5) is 0. The fraction of sp³-hybridized carbons (Fsp3) is 0.800. The molecular formula is C20H29IO. The third-order valence-corrected chi connectivity index (χ3v) is 8.50. The highest BCUT2D eigenvalue weighted by Gasteiger charge is 2.55. The van der Waals surface area contributed by atoms with Gasteiger partial charge in [0.25, 0.3) is 0 Å². The normalized spacial score (nSPS) is 50.6. The van der Waals surface area contributed by atoms with E-state index < -0.39 is 0 Å². The van der Waals surface area contributed by atoms with E-state index >= 15 is 0 Å². The van der Waals surface area contributed by atoms with Crippen molar-refractivity contribution >= 4 is 22.6 Å². The summed E-state index contributed by atoms with van der Waals surface area (Å²) < 4.78 is 1.40. The highest BCUT2D eigenvalue weighted by atomic mass is 127. The van der Waals surface area contributed by atoms with Gasteiger partial charge in [-0.05, 0) is 113 Å². The molecule has 0 aliphatic heterocycles. The predicted molar refractivity (Wildman–Crippen MR) is 99.7 cm³/mol. The largest absolute Gasteiger partial charge is 0.393 e. The van der Waals surface area contributed by atoms with Crippen molar-refractivity contribution in [2.45, 2.75) is 64.4 Å². The van der Waals surface area contributed by atoms with Crippen LogP contribution in [0.5, 0.6) is 0 Å². The van der Waals surface area contributed by atoms with Crippen LogP contribution in [-0.4, -0.2) is 11.2 Å². The van der Waals surface area contributed by atoms with Gasteiger partial charge in [-0.3, -0.25) is 0 Å². The van der Waals surface area contributed by atoms with E-state index in [1.165, 1.54) is 42.1 Å². The third-order valence-electron chi connectivity index (χ3n) is 7.75. The lowest BCUT2D eigenvalue weighted by Crippen LogP contribution is -2.45. The summed E-state index contributed by atoms with van der Waals surface area (Å²) in [6, 6.07) is 0. The molecule has 0 saturated heterocycles. The van der Waals surface area contributed by atoms with Crippen molar-refractivity contribution in [2.24, 2.45) is 35.0 Å². The fourth-order valence-electron chi connectivity index (χ4n) is 6.75. The monoisotopic (exact) mass is 412 g/mol. The number of allylic oxidation sites excluding steroid dienone is 2. The molecule has 0 aromatic rings. The SMILES string of the molecule is C=C(I)C1CCC2C3CCC4CC(O)CC=C4C3CC[C@]12C. The summed E-state index contributed by atoms with van der Waals surface area (Å²) in [7, 11) is 0. The van der Waals surface area contributed by atoms with Gasteiger partial charge in [0, 0.05) is 0 Å². The predicted octanol–water partition coefficient (Wildman–Crippen LogP) is 5.48. The van der Waals surface area contributed by atoms with Gasteiger partial charge >= 0.3 is 0 Å². The standard InChI is InChI=1S/C20H29IO/c1-12(21)18-7-8-19-17-5-3-13-11-14(22)4-6-15(13)16(17)9-10-20(18,19)2/h6,13-14,16-19,22H,1,3-5,7-11H2,2H3/t13?,14?,16?,17?,18?,19?,20-/m1/s1. The summed E-state index contributed by atoms with van der Waals surface area (Å²) >= 11 is 2.49. The maximum atomic E-state index is 9.98. The minimum absolute atomic E-state index is 0.0719. The lowest BCUT2D eigenvalue weighted by molar-refractivity contribution is 0.00540. The molecule has 1 nitrogen and oxygen atoms in total. The van der Waals surface area contributed by atoms with Crippen molar-refractivity contribution in [3.05, 3.63) is 21.8 Å². The van der Waals surface area contributed by atoms with Crippen LogP contribution in [0.3, 0.4) is 0 Å². The summed E-state index contributed by atoms with van der Waals surface area (Å²) in [5, 5.41) is 9.98. The van der Waals surface area contributed by atoms with E-state index in [4.69, 9.17) is 0 Å². The zero-order valence-electron chi connectivity index (χ0n) is 13.7. The van der Waals surface area contributed by atoms with Crippen molar-refractivity contribution in [2.75, 3.05) is 0 Å². The van der Waals surface area contributed by atoms with Crippen molar-refractivity contribution in [3.8, 4) is 0 Å². The van der Waals surface area contributed by atoms with E-state index in [1.54, 1.807) is 5.57 Å². The molecule has 4 rings (SSSR count).